The molecule has 0 amide bonds. The minimum absolute atomic E-state index is 0.0555. The van der Waals surface area contributed by atoms with Gasteiger partial charge < -0.3 is 38.8 Å². The van der Waals surface area contributed by atoms with Gasteiger partial charge >= 0.3 is 25.7 Å². The van der Waals surface area contributed by atoms with E-state index in [2.05, 4.69) is 9.97 Å². The number of esters is 3. The van der Waals surface area contributed by atoms with E-state index >= 15 is 0 Å². The predicted molar refractivity (Wildman–Crippen MR) is 128 cm³/mol. The SMILES string of the molecule is O=C(OCC1OC(OC(=O)c2ccccc2)C(OC(=O)c2ccc[nH]2)C(OP(=O)(O)O)C1O)c1cccnc1. The molecule has 4 N–H and O–H groups in total. The molecule has 0 saturated carbocycles. The second-order valence-corrected chi connectivity index (χ2v) is 9.35. The molecule has 1 aliphatic rings. The van der Waals surface area contributed by atoms with E-state index in [0.717, 1.165) is 0 Å². The van der Waals surface area contributed by atoms with E-state index in [0.29, 0.717) is 0 Å². The third-order valence-corrected chi connectivity index (χ3v) is 5.97. The molecule has 0 aliphatic carbocycles. The van der Waals surface area contributed by atoms with Gasteiger partial charge in [0.25, 0.3) is 0 Å². The van der Waals surface area contributed by atoms with Crippen molar-refractivity contribution in [3.63, 3.8) is 0 Å². The number of ether oxygens (including phenoxy) is 4. The maximum atomic E-state index is 12.8. The van der Waals surface area contributed by atoms with Crippen LogP contribution in [0.4, 0.5) is 0 Å². The molecule has 5 unspecified atom stereocenters. The number of hydrogen-bond donors (Lipinski definition) is 4. The summed E-state index contributed by atoms with van der Waals surface area (Å²) in [5.41, 5.74) is 0.101. The van der Waals surface area contributed by atoms with Crippen LogP contribution >= 0.6 is 7.82 Å². The summed E-state index contributed by atoms with van der Waals surface area (Å²) in [4.78, 5) is 63.3. The maximum Gasteiger partial charge on any atom is 0.470 e. The number of H-pyrrole nitrogens is 1. The Morgan fingerprint density at radius 1 is 0.923 bits per heavy atom. The summed E-state index contributed by atoms with van der Waals surface area (Å²) in [5.74, 6) is -2.81. The van der Waals surface area contributed by atoms with E-state index in [1.165, 1.54) is 55.0 Å². The third-order valence-electron chi connectivity index (χ3n) is 5.45. The molecule has 0 radical (unpaired) electrons. The molecule has 3 aromatic rings. The zero-order valence-corrected chi connectivity index (χ0v) is 20.8. The van der Waals surface area contributed by atoms with Crippen LogP contribution in [0.5, 0.6) is 0 Å². The Morgan fingerprint density at radius 3 is 2.31 bits per heavy atom. The monoisotopic (exact) mass is 562 g/mol. The Hall–Kier alpha value is -3.91. The molecule has 0 bridgehead atoms. The van der Waals surface area contributed by atoms with Crippen molar-refractivity contribution in [1.82, 2.24) is 9.97 Å². The molecule has 3 heterocycles. The van der Waals surface area contributed by atoms with Crippen molar-refractivity contribution in [2.45, 2.75) is 30.7 Å². The van der Waals surface area contributed by atoms with Gasteiger partial charge in [0, 0.05) is 18.6 Å². The molecule has 206 valence electrons. The van der Waals surface area contributed by atoms with Crippen molar-refractivity contribution in [2.24, 2.45) is 0 Å². The molecule has 15 heteroatoms. The lowest BCUT2D eigenvalue weighted by molar-refractivity contribution is -0.281. The molecule has 1 aromatic carbocycles. The van der Waals surface area contributed by atoms with Crippen LogP contribution < -0.4 is 0 Å². The summed E-state index contributed by atoms with van der Waals surface area (Å²) in [7, 11) is -5.31. The highest BCUT2D eigenvalue weighted by Crippen LogP contribution is 2.42. The highest BCUT2D eigenvalue weighted by molar-refractivity contribution is 7.46. The van der Waals surface area contributed by atoms with E-state index in [1.54, 1.807) is 18.2 Å². The van der Waals surface area contributed by atoms with Gasteiger partial charge in [-0.1, -0.05) is 18.2 Å². The Bertz CT molecular complexity index is 1320. The minimum atomic E-state index is -5.31. The van der Waals surface area contributed by atoms with Gasteiger partial charge in [-0.05, 0) is 36.4 Å². The standard InChI is InChI=1S/C24H23N2O12P/c27-18-17(13-34-21(28)15-8-4-10-25-12-15)35-24(37-22(29)14-6-2-1-3-7-14)20(19(18)38-39(31,32)33)36-23(30)16-9-5-11-26-16/h1-12,17-20,24,26-27H,13H2,(H2,31,32,33). The van der Waals surface area contributed by atoms with Gasteiger partial charge in [0.05, 0.1) is 11.1 Å². The Labute approximate surface area is 220 Å². The molecule has 2 aromatic heterocycles. The van der Waals surface area contributed by atoms with Crippen LogP contribution in [0.2, 0.25) is 0 Å². The number of hydrogen-bond acceptors (Lipinski definition) is 11. The van der Waals surface area contributed by atoms with Crippen LogP contribution in [0, 0.1) is 0 Å². The van der Waals surface area contributed by atoms with Crippen molar-refractivity contribution < 1.29 is 57.3 Å². The third kappa shape index (κ3) is 7.35. The first-order valence-electron chi connectivity index (χ1n) is 11.4. The second kappa shape index (κ2) is 12.3. The number of aliphatic hydroxyl groups excluding tert-OH is 1. The smallest absolute Gasteiger partial charge is 0.459 e. The lowest BCUT2D eigenvalue weighted by atomic mass is 9.99. The number of pyridine rings is 1. The van der Waals surface area contributed by atoms with Gasteiger partial charge in [-0.15, -0.1) is 0 Å². The summed E-state index contributed by atoms with van der Waals surface area (Å²) in [6.45, 7) is -0.660. The number of carbonyl (C=O) groups excluding carboxylic acids is 3. The highest BCUT2D eigenvalue weighted by Gasteiger charge is 2.52. The van der Waals surface area contributed by atoms with Crippen LogP contribution in [0.1, 0.15) is 31.2 Å². The lowest BCUT2D eigenvalue weighted by Gasteiger charge is -2.42. The highest BCUT2D eigenvalue weighted by atomic mass is 31.2. The van der Waals surface area contributed by atoms with Crippen LogP contribution in [-0.4, -0.2) is 80.1 Å². The van der Waals surface area contributed by atoms with E-state index < -0.39 is 63.0 Å². The van der Waals surface area contributed by atoms with Crippen LogP contribution in [-0.2, 0) is 28.0 Å². The molecule has 5 atom stereocenters. The molecule has 1 fully saturated rings. The number of aromatic amines is 1. The quantitative estimate of drug-likeness (QED) is 0.165. The van der Waals surface area contributed by atoms with Gasteiger partial charge in [0.15, 0.2) is 6.10 Å². The van der Waals surface area contributed by atoms with Crippen LogP contribution in [0.15, 0.2) is 73.2 Å². The van der Waals surface area contributed by atoms with Gasteiger partial charge in [-0.25, -0.2) is 18.9 Å². The number of benzene rings is 1. The number of phosphoric ester groups is 1. The molecule has 0 spiro atoms. The zero-order chi connectivity index (χ0) is 28.0. The van der Waals surface area contributed by atoms with Crippen molar-refractivity contribution >= 4 is 25.7 Å². The maximum absolute atomic E-state index is 12.8. The van der Waals surface area contributed by atoms with Gasteiger partial charge in [-0.2, -0.15) is 0 Å². The fraction of sp³-hybridized carbons (Fsp3) is 0.250. The summed E-state index contributed by atoms with van der Waals surface area (Å²) in [6.07, 6.45) is -5.04. The minimum Gasteiger partial charge on any atom is -0.459 e. The topological polar surface area (TPSA) is 204 Å². The van der Waals surface area contributed by atoms with Crippen LogP contribution in [0.3, 0.4) is 0 Å². The number of nitrogens with zero attached hydrogens (tertiary/aromatic N) is 1. The Kier molecular flexibility index (Phi) is 8.86. The molecule has 1 aliphatic heterocycles. The van der Waals surface area contributed by atoms with Crippen molar-refractivity contribution in [1.29, 1.82) is 0 Å². The molecule has 39 heavy (non-hydrogen) atoms. The molecular formula is C24H23N2O12P. The first kappa shape index (κ1) is 28.1. The average molecular weight is 562 g/mol. The van der Waals surface area contributed by atoms with Gasteiger partial charge in [0.2, 0.25) is 6.29 Å². The first-order valence-corrected chi connectivity index (χ1v) is 12.9. The molecule has 1 saturated heterocycles. The van der Waals surface area contributed by atoms with E-state index in [9.17, 15) is 33.8 Å². The Morgan fingerprint density at radius 2 is 1.67 bits per heavy atom. The number of nitrogens with one attached hydrogen (secondary N) is 1. The fourth-order valence-corrected chi connectivity index (χ4v) is 4.21. The lowest BCUT2D eigenvalue weighted by Crippen LogP contribution is -2.61. The predicted octanol–water partition coefficient (Wildman–Crippen LogP) is 1.21. The summed E-state index contributed by atoms with van der Waals surface area (Å²) >= 11 is 0. The largest absolute Gasteiger partial charge is 0.470 e. The Balaban J connectivity index is 1.61. The zero-order valence-electron chi connectivity index (χ0n) is 19.9. The summed E-state index contributed by atoms with van der Waals surface area (Å²) in [6, 6.07) is 13.4. The first-order chi connectivity index (χ1) is 18.6. The number of phosphoric acid groups is 1. The average Bonchev–Trinajstić information content (AvgIpc) is 3.47. The van der Waals surface area contributed by atoms with E-state index in [1.807, 2.05) is 0 Å². The normalized spacial score (nSPS) is 23.0. The van der Waals surface area contributed by atoms with E-state index in [4.69, 9.17) is 23.5 Å². The number of aliphatic hydroxyl groups is 1. The van der Waals surface area contributed by atoms with Gasteiger partial charge in [-0.3, -0.25) is 9.51 Å². The number of carbonyl (C=O) groups is 3. The van der Waals surface area contributed by atoms with Crippen molar-refractivity contribution in [3.05, 3.63) is 90.0 Å². The molecule has 14 nitrogen and oxygen atoms in total. The number of aromatic nitrogens is 2. The van der Waals surface area contributed by atoms with Crippen LogP contribution in [0.25, 0.3) is 0 Å². The van der Waals surface area contributed by atoms with E-state index in [-0.39, 0.29) is 16.8 Å². The summed E-state index contributed by atoms with van der Waals surface area (Å²) in [5, 5.41) is 10.9. The number of rotatable bonds is 9. The molecule has 4 rings (SSSR count). The fourth-order valence-electron chi connectivity index (χ4n) is 3.64. The van der Waals surface area contributed by atoms with Gasteiger partial charge in [0.1, 0.15) is 30.6 Å². The summed E-state index contributed by atoms with van der Waals surface area (Å²) < 4.78 is 38.1. The van der Waals surface area contributed by atoms with Crippen molar-refractivity contribution in [3.8, 4) is 0 Å². The molecular weight excluding hydrogens is 539 g/mol. The van der Waals surface area contributed by atoms with Crippen molar-refractivity contribution in [2.75, 3.05) is 6.61 Å². The second-order valence-electron chi connectivity index (χ2n) is 8.16.